The molecule has 0 fully saturated rings. The summed E-state index contributed by atoms with van der Waals surface area (Å²) in [6.07, 6.45) is 6.88. The Balaban J connectivity index is 2.43. The van der Waals surface area contributed by atoms with Crippen molar-refractivity contribution in [2.45, 2.75) is 67.2 Å². The van der Waals surface area contributed by atoms with Gasteiger partial charge in [-0.25, -0.2) is 0 Å². The number of hydrogen-bond acceptors (Lipinski definition) is 1. The summed E-state index contributed by atoms with van der Waals surface area (Å²) in [7, 11) is 0. The Kier molecular flexibility index (Phi) is 5.58. The maximum absolute atomic E-state index is 4.45. The minimum Gasteiger partial charge on any atom is -0.261 e. The summed E-state index contributed by atoms with van der Waals surface area (Å²) >= 11 is 0. The van der Waals surface area contributed by atoms with E-state index in [1.165, 1.54) is 25.0 Å². The van der Waals surface area contributed by atoms with Crippen molar-refractivity contribution in [3.63, 3.8) is 0 Å². The molecule has 1 heterocycles. The summed E-state index contributed by atoms with van der Waals surface area (Å²) < 4.78 is 0. The molecule has 0 spiro atoms. The maximum Gasteiger partial charge on any atom is 0.0408 e. The van der Waals surface area contributed by atoms with E-state index >= 15 is 0 Å². The average Bonchev–Trinajstić information content (AvgIpc) is 2.28. The van der Waals surface area contributed by atoms with Crippen LogP contribution in [0.15, 0.2) is 24.4 Å². The van der Waals surface area contributed by atoms with Crippen LogP contribution in [-0.2, 0) is 6.42 Å². The molecule has 0 saturated heterocycles. The third kappa shape index (κ3) is 5.76. The maximum atomic E-state index is 4.45. The molecular formula is C18H31N. The van der Waals surface area contributed by atoms with Gasteiger partial charge in [0.1, 0.15) is 0 Å². The van der Waals surface area contributed by atoms with Gasteiger partial charge in [0.25, 0.3) is 0 Å². The number of hydrogen-bond donors (Lipinski definition) is 0. The molecule has 0 N–H and O–H groups in total. The van der Waals surface area contributed by atoms with Crippen LogP contribution >= 0.6 is 0 Å². The van der Waals surface area contributed by atoms with Crippen LogP contribution in [0.25, 0.3) is 0 Å². The second-order valence-corrected chi connectivity index (χ2v) is 7.66. The predicted molar refractivity (Wildman–Crippen MR) is 84.2 cm³/mol. The molecule has 0 radical (unpaired) electrons. The SMILES string of the molecule is CC(C)C(C)(C)CCCC(C)(C)Cc1ccccn1. The van der Waals surface area contributed by atoms with Gasteiger partial charge in [-0.3, -0.25) is 4.98 Å². The molecular weight excluding hydrogens is 230 g/mol. The largest absolute Gasteiger partial charge is 0.261 e. The molecule has 0 saturated carbocycles. The average molecular weight is 261 g/mol. The standard InChI is InChI=1S/C18H31N/c1-15(2)18(5,6)12-9-11-17(3,4)14-16-10-7-8-13-19-16/h7-8,10,13,15H,9,11-12,14H2,1-6H3. The van der Waals surface area contributed by atoms with Gasteiger partial charge in [0.2, 0.25) is 0 Å². The second kappa shape index (κ2) is 6.54. The van der Waals surface area contributed by atoms with Crippen molar-refractivity contribution in [3.05, 3.63) is 30.1 Å². The molecule has 0 aliphatic heterocycles. The van der Waals surface area contributed by atoms with Crippen molar-refractivity contribution < 1.29 is 0 Å². The lowest BCUT2D eigenvalue weighted by atomic mass is 9.74. The summed E-state index contributed by atoms with van der Waals surface area (Å²) in [6, 6.07) is 6.21. The van der Waals surface area contributed by atoms with Crippen molar-refractivity contribution in [1.82, 2.24) is 4.98 Å². The first kappa shape index (κ1) is 16.2. The highest BCUT2D eigenvalue weighted by Gasteiger charge is 2.24. The van der Waals surface area contributed by atoms with Gasteiger partial charge in [-0.15, -0.1) is 0 Å². The number of nitrogens with zero attached hydrogens (tertiary/aromatic N) is 1. The summed E-state index contributed by atoms with van der Waals surface area (Å²) in [6.45, 7) is 14.2. The molecule has 1 nitrogen and oxygen atoms in total. The molecule has 19 heavy (non-hydrogen) atoms. The van der Waals surface area contributed by atoms with E-state index < -0.39 is 0 Å². The number of aromatic nitrogens is 1. The van der Waals surface area contributed by atoms with Gasteiger partial charge >= 0.3 is 0 Å². The van der Waals surface area contributed by atoms with Crippen LogP contribution in [0.1, 0.15) is 66.5 Å². The van der Waals surface area contributed by atoms with E-state index in [0.717, 1.165) is 12.3 Å². The molecule has 1 heteroatoms. The van der Waals surface area contributed by atoms with E-state index in [2.05, 4.69) is 58.7 Å². The molecule has 1 aromatic rings. The fourth-order valence-electron chi connectivity index (χ4n) is 2.39. The monoisotopic (exact) mass is 261 g/mol. The summed E-state index contributed by atoms with van der Waals surface area (Å²) in [4.78, 5) is 4.45. The second-order valence-electron chi connectivity index (χ2n) is 7.66. The van der Waals surface area contributed by atoms with Crippen LogP contribution in [0.3, 0.4) is 0 Å². The predicted octanol–water partition coefficient (Wildman–Crippen LogP) is 5.50. The molecule has 1 aromatic heterocycles. The van der Waals surface area contributed by atoms with E-state index in [1.807, 2.05) is 12.3 Å². The summed E-state index contributed by atoms with van der Waals surface area (Å²) in [5, 5.41) is 0. The van der Waals surface area contributed by atoms with Crippen LogP contribution in [0.4, 0.5) is 0 Å². The van der Waals surface area contributed by atoms with Crippen LogP contribution in [0.2, 0.25) is 0 Å². The first-order valence-corrected chi connectivity index (χ1v) is 7.63. The van der Waals surface area contributed by atoms with E-state index in [9.17, 15) is 0 Å². The lowest BCUT2D eigenvalue weighted by Gasteiger charge is -2.31. The third-order valence-corrected chi connectivity index (χ3v) is 4.62. The normalized spacial score (nSPS) is 13.0. The molecule has 1 rings (SSSR count). The van der Waals surface area contributed by atoms with E-state index in [1.54, 1.807) is 0 Å². The van der Waals surface area contributed by atoms with Crippen molar-refractivity contribution in [2.75, 3.05) is 0 Å². The molecule has 0 atom stereocenters. The smallest absolute Gasteiger partial charge is 0.0408 e. The Morgan fingerprint density at radius 3 is 2.26 bits per heavy atom. The lowest BCUT2D eigenvalue weighted by Crippen LogP contribution is -2.21. The van der Waals surface area contributed by atoms with Crippen molar-refractivity contribution >= 4 is 0 Å². The van der Waals surface area contributed by atoms with E-state index in [-0.39, 0.29) is 0 Å². The fraction of sp³-hybridized carbons (Fsp3) is 0.722. The highest BCUT2D eigenvalue weighted by molar-refractivity contribution is 5.05. The third-order valence-electron chi connectivity index (χ3n) is 4.62. The van der Waals surface area contributed by atoms with Gasteiger partial charge in [0, 0.05) is 11.9 Å². The minimum absolute atomic E-state index is 0.349. The van der Waals surface area contributed by atoms with Gasteiger partial charge in [0.15, 0.2) is 0 Å². The Hall–Kier alpha value is -0.850. The molecule has 108 valence electrons. The quantitative estimate of drug-likeness (QED) is 0.631. The number of pyridine rings is 1. The Morgan fingerprint density at radius 2 is 1.74 bits per heavy atom. The highest BCUT2D eigenvalue weighted by Crippen LogP contribution is 2.35. The Morgan fingerprint density at radius 1 is 1.05 bits per heavy atom. The summed E-state index contributed by atoms with van der Waals surface area (Å²) in [5.41, 5.74) is 2.03. The molecule has 0 aliphatic carbocycles. The topological polar surface area (TPSA) is 12.9 Å². The molecule has 0 amide bonds. The van der Waals surface area contributed by atoms with Gasteiger partial charge in [-0.2, -0.15) is 0 Å². The van der Waals surface area contributed by atoms with Gasteiger partial charge in [-0.05, 0) is 48.1 Å². The van der Waals surface area contributed by atoms with Gasteiger partial charge in [0.05, 0.1) is 0 Å². The first-order chi connectivity index (χ1) is 8.73. The van der Waals surface area contributed by atoms with Crippen molar-refractivity contribution in [1.29, 1.82) is 0 Å². The van der Waals surface area contributed by atoms with Crippen LogP contribution in [-0.4, -0.2) is 4.98 Å². The lowest BCUT2D eigenvalue weighted by molar-refractivity contribution is 0.203. The minimum atomic E-state index is 0.349. The zero-order chi connectivity index (χ0) is 14.5. The Bertz CT molecular complexity index is 363. The van der Waals surface area contributed by atoms with Crippen LogP contribution in [0.5, 0.6) is 0 Å². The van der Waals surface area contributed by atoms with Crippen molar-refractivity contribution in [2.24, 2.45) is 16.7 Å². The van der Waals surface area contributed by atoms with Crippen LogP contribution < -0.4 is 0 Å². The first-order valence-electron chi connectivity index (χ1n) is 7.63. The van der Waals surface area contributed by atoms with Crippen LogP contribution in [0, 0.1) is 16.7 Å². The molecule has 0 aliphatic rings. The van der Waals surface area contributed by atoms with Gasteiger partial charge in [-0.1, -0.05) is 54.0 Å². The summed E-state index contributed by atoms with van der Waals surface area (Å²) in [5.74, 6) is 0.756. The fourth-order valence-corrected chi connectivity index (χ4v) is 2.39. The van der Waals surface area contributed by atoms with E-state index in [0.29, 0.717) is 10.8 Å². The Labute approximate surface area is 119 Å². The molecule has 0 bridgehead atoms. The number of rotatable bonds is 7. The zero-order valence-corrected chi connectivity index (χ0v) is 13.7. The molecule has 0 aromatic carbocycles. The highest BCUT2D eigenvalue weighted by atomic mass is 14.7. The molecule has 0 unspecified atom stereocenters. The van der Waals surface area contributed by atoms with Crippen molar-refractivity contribution in [3.8, 4) is 0 Å². The zero-order valence-electron chi connectivity index (χ0n) is 13.7. The van der Waals surface area contributed by atoms with Gasteiger partial charge < -0.3 is 0 Å². The van der Waals surface area contributed by atoms with E-state index in [4.69, 9.17) is 0 Å².